The number of hydrogen-bond donors (Lipinski definition) is 0. The van der Waals surface area contributed by atoms with Crippen LogP contribution in [-0.4, -0.2) is 55.0 Å². The summed E-state index contributed by atoms with van der Waals surface area (Å²) < 4.78 is 16.6. The van der Waals surface area contributed by atoms with E-state index in [0.717, 1.165) is 0 Å². The lowest BCUT2D eigenvalue weighted by atomic mass is 9.75. The summed E-state index contributed by atoms with van der Waals surface area (Å²) in [5.74, 6) is -0.676. The Bertz CT molecular complexity index is 544. The molecule has 0 spiro atoms. The first-order valence-electron chi connectivity index (χ1n) is 7.81. The van der Waals surface area contributed by atoms with Gasteiger partial charge in [0.25, 0.3) is 0 Å². The van der Waals surface area contributed by atoms with E-state index in [2.05, 4.69) is 19.7 Å². The van der Waals surface area contributed by atoms with Crippen LogP contribution >= 0.6 is 0 Å². The van der Waals surface area contributed by atoms with Crippen LogP contribution in [0.3, 0.4) is 0 Å². The number of epoxide rings is 2. The minimum Gasteiger partial charge on any atom is -0.373 e. The Kier molecular flexibility index (Phi) is 5.64. The minimum atomic E-state index is -0.686. The topological polar surface area (TPSA) is 85.5 Å². The second-order valence-electron chi connectivity index (χ2n) is 5.92. The van der Waals surface area contributed by atoms with Crippen LogP contribution < -0.4 is 0 Å². The van der Waals surface area contributed by atoms with Gasteiger partial charge in [-0.1, -0.05) is 26.7 Å². The number of carbonyl (C=O) groups excluding carboxylic acids is 3. The molecule has 0 aromatic heterocycles. The van der Waals surface area contributed by atoms with Crippen molar-refractivity contribution in [3.8, 4) is 0 Å². The third kappa shape index (κ3) is 3.45. The fourth-order valence-corrected chi connectivity index (χ4v) is 3.00. The van der Waals surface area contributed by atoms with Gasteiger partial charge in [0.2, 0.25) is 0 Å². The fourth-order valence-electron chi connectivity index (χ4n) is 3.00. The molecule has 130 valence electrons. The highest BCUT2D eigenvalue weighted by atomic mass is 16.6. The number of ketones is 3. The quantitative estimate of drug-likeness (QED) is 0.394. The van der Waals surface area contributed by atoms with E-state index < -0.39 is 29.8 Å². The van der Waals surface area contributed by atoms with Crippen molar-refractivity contribution in [2.24, 2.45) is 5.41 Å². The minimum absolute atomic E-state index is 0.120. The molecule has 2 saturated heterocycles. The standard InChI is InChI=1S/C18H22O6/c1-5-11(19)9-22-10-18(8-4,16-14(23-16)12(20)6-2)17-15(24-17)13(21)7-3/h5-7,14-17H,1-3,8-10H2,4H3. The molecule has 0 bridgehead atoms. The summed E-state index contributed by atoms with van der Waals surface area (Å²) in [7, 11) is 0. The van der Waals surface area contributed by atoms with Crippen molar-refractivity contribution >= 4 is 17.3 Å². The van der Waals surface area contributed by atoms with Crippen molar-refractivity contribution < 1.29 is 28.6 Å². The van der Waals surface area contributed by atoms with Gasteiger partial charge in [0, 0.05) is 0 Å². The second kappa shape index (κ2) is 7.34. The van der Waals surface area contributed by atoms with E-state index in [0.29, 0.717) is 6.42 Å². The summed E-state index contributed by atoms with van der Waals surface area (Å²) in [5, 5.41) is 0. The maximum Gasteiger partial charge on any atom is 0.186 e. The van der Waals surface area contributed by atoms with Gasteiger partial charge >= 0.3 is 0 Å². The molecule has 0 N–H and O–H groups in total. The highest BCUT2D eigenvalue weighted by molar-refractivity contribution is 5.96. The molecule has 6 nitrogen and oxygen atoms in total. The van der Waals surface area contributed by atoms with Gasteiger partial charge in [-0.3, -0.25) is 14.4 Å². The molecule has 2 fully saturated rings. The van der Waals surface area contributed by atoms with E-state index in [9.17, 15) is 14.4 Å². The van der Waals surface area contributed by atoms with E-state index in [1.807, 2.05) is 6.92 Å². The van der Waals surface area contributed by atoms with Crippen molar-refractivity contribution in [3.63, 3.8) is 0 Å². The van der Waals surface area contributed by atoms with Gasteiger partial charge in [0.1, 0.15) is 31.0 Å². The molecule has 2 aliphatic heterocycles. The Hall–Kier alpha value is -1.89. The lowest BCUT2D eigenvalue weighted by molar-refractivity contribution is -0.121. The Morgan fingerprint density at radius 1 is 1.00 bits per heavy atom. The second-order valence-corrected chi connectivity index (χ2v) is 5.92. The summed E-state index contributed by atoms with van der Waals surface area (Å²) >= 11 is 0. The molecule has 2 aliphatic rings. The summed E-state index contributed by atoms with van der Waals surface area (Å²) in [4.78, 5) is 35.0. The molecule has 4 unspecified atom stereocenters. The van der Waals surface area contributed by atoms with Crippen LogP contribution in [0.25, 0.3) is 0 Å². The van der Waals surface area contributed by atoms with Crippen LogP contribution in [0.4, 0.5) is 0 Å². The molecule has 6 heteroatoms. The lowest BCUT2D eigenvalue weighted by Crippen LogP contribution is -2.42. The summed E-state index contributed by atoms with van der Waals surface area (Å²) in [6.07, 6.45) is 2.10. The Morgan fingerprint density at radius 2 is 1.50 bits per heavy atom. The molecule has 0 radical (unpaired) electrons. The fraction of sp³-hybridized carbons (Fsp3) is 0.500. The smallest absolute Gasteiger partial charge is 0.186 e. The molecule has 24 heavy (non-hydrogen) atoms. The summed E-state index contributed by atoms with van der Waals surface area (Å²) in [6.45, 7) is 12.2. The van der Waals surface area contributed by atoms with E-state index in [1.54, 1.807) is 0 Å². The molecule has 2 heterocycles. The van der Waals surface area contributed by atoms with Gasteiger partial charge in [-0.15, -0.1) is 0 Å². The number of ether oxygens (including phenoxy) is 3. The van der Waals surface area contributed by atoms with E-state index in [4.69, 9.17) is 14.2 Å². The van der Waals surface area contributed by atoms with Crippen LogP contribution in [0.1, 0.15) is 13.3 Å². The zero-order valence-corrected chi connectivity index (χ0v) is 13.7. The SMILES string of the molecule is C=CC(=O)COCC(CC)(C1OC1C(=O)C=C)C1OC1C(=O)C=C. The molecule has 0 amide bonds. The highest BCUT2D eigenvalue weighted by Crippen LogP contribution is 2.52. The van der Waals surface area contributed by atoms with Gasteiger partial charge in [-0.25, -0.2) is 0 Å². The molecule has 0 aromatic rings. The number of carbonyl (C=O) groups is 3. The van der Waals surface area contributed by atoms with Gasteiger partial charge < -0.3 is 14.2 Å². The number of hydrogen-bond acceptors (Lipinski definition) is 6. The maximum absolute atomic E-state index is 11.8. The van der Waals surface area contributed by atoms with Crippen LogP contribution in [0.15, 0.2) is 38.0 Å². The predicted molar refractivity (Wildman–Crippen MR) is 86.5 cm³/mol. The molecular formula is C18H22O6. The first-order valence-corrected chi connectivity index (χ1v) is 7.81. The highest BCUT2D eigenvalue weighted by Gasteiger charge is 2.67. The Balaban J connectivity index is 2.14. The van der Waals surface area contributed by atoms with Crippen LogP contribution in [0.2, 0.25) is 0 Å². The zero-order chi connectivity index (χ0) is 17.9. The molecule has 2 rings (SSSR count). The summed E-state index contributed by atoms with van der Waals surface area (Å²) in [6, 6.07) is 0. The lowest BCUT2D eigenvalue weighted by Gasteiger charge is -2.29. The van der Waals surface area contributed by atoms with Gasteiger partial charge in [0.05, 0.1) is 12.0 Å². The van der Waals surface area contributed by atoms with E-state index >= 15 is 0 Å². The van der Waals surface area contributed by atoms with Crippen LogP contribution in [-0.2, 0) is 28.6 Å². The monoisotopic (exact) mass is 334 g/mol. The first kappa shape index (κ1) is 18.4. The molecular weight excluding hydrogens is 312 g/mol. The van der Waals surface area contributed by atoms with Gasteiger partial charge in [-0.05, 0) is 24.6 Å². The Labute approximate surface area is 141 Å². The van der Waals surface area contributed by atoms with Crippen LogP contribution in [0, 0.1) is 5.41 Å². The van der Waals surface area contributed by atoms with Crippen molar-refractivity contribution in [2.45, 2.75) is 37.8 Å². The maximum atomic E-state index is 11.8. The largest absolute Gasteiger partial charge is 0.373 e. The molecule has 0 aromatic carbocycles. The first-order chi connectivity index (χ1) is 11.4. The zero-order valence-electron chi connectivity index (χ0n) is 13.7. The summed E-state index contributed by atoms with van der Waals surface area (Å²) in [5.41, 5.74) is -0.686. The van der Waals surface area contributed by atoms with E-state index in [1.165, 1.54) is 18.2 Å². The average molecular weight is 334 g/mol. The van der Waals surface area contributed by atoms with Crippen LogP contribution in [0.5, 0.6) is 0 Å². The third-order valence-electron chi connectivity index (χ3n) is 4.58. The third-order valence-corrected chi connectivity index (χ3v) is 4.58. The van der Waals surface area contributed by atoms with Crippen molar-refractivity contribution in [3.05, 3.63) is 38.0 Å². The Morgan fingerprint density at radius 3 is 1.88 bits per heavy atom. The van der Waals surface area contributed by atoms with E-state index in [-0.39, 0.29) is 30.6 Å². The van der Waals surface area contributed by atoms with Gasteiger partial charge in [0.15, 0.2) is 17.3 Å². The molecule has 0 aliphatic carbocycles. The molecule has 4 atom stereocenters. The van der Waals surface area contributed by atoms with Gasteiger partial charge in [-0.2, -0.15) is 0 Å². The van der Waals surface area contributed by atoms with Crippen molar-refractivity contribution in [1.29, 1.82) is 0 Å². The van der Waals surface area contributed by atoms with Crippen molar-refractivity contribution in [1.82, 2.24) is 0 Å². The predicted octanol–water partition coefficient (Wildman–Crippen LogP) is 1.20. The normalized spacial score (nSPS) is 29.9. The van der Waals surface area contributed by atoms with Crippen molar-refractivity contribution in [2.75, 3.05) is 13.2 Å². The average Bonchev–Trinajstić information content (AvgIpc) is 3.50. The number of rotatable bonds is 12. The molecule has 0 saturated carbocycles.